The van der Waals surface area contributed by atoms with E-state index in [2.05, 4.69) is 15.1 Å². The van der Waals surface area contributed by atoms with Gasteiger partial charge in [0.15, 0.2) is 0 Å². The minimum absolute atomic E-state index is 0.0179. The molecule has 0 bridgehead atoms. The summed E-state index contributed by atoms with van der Waals surface area (Å²) in [7, 11) is 0. The van der Waals surface area contributed by atoms with Gasteiger partial charge in [-0.05, 0) is 24.8 Å². The van der Waals surface area contributed by atoms with E-state index < -0.39 is 0 Å². The summed E-state index contributed by atoms with van der Waals surface area (Å²) in [5.74, 6) is 0.566. The van der Waals surface area contributed by atoms with Gasteiger partial charge in [-0.3, -0.25) is 14.5 Å². The zero-order valence-electron chi connectivity index (χ0n) is 11.2. The minimum Gasteiger partial charge on any atom is -0.337 e. The number of carbonyl (C=O) groups is 1. The van der Waals surface area contributed by atoms with Gasteiger partial charge in [0.2, 0.25) is 0 Å². The molecule has 1 aliphatic heterocycles. The molecule has 6 nitrogen and oxygen atoms in total. The van der Waals surface area contributed by atoms with Crippen molar-refractivity contribution in [2.45, 2.75) is 19.4 Å². The molecule has 1 saturated heterocycles. The summed E-state index contributed by atoms with van der Waals surface area (Å²) in [6, 6.07) is 1.94. The van der Waals surface area contributed by atoms with E-state index in [9.17, 15) is 4.79 Å². The van der Waals surface area contributed by atoms with E-state index in [0.717, 1.165) is 32.5 Å². The van der Waals surface area contributed by atoms with Crippen LogP contribution in [0.25, 0.3) is 0 Å². The maximum absolute atomic E-state index is 12.2. The molecule has 2 aromatic rings. The number of hydrogen-bond acceptors (Lipinski definition) is 4. The average molecular weight is 271 g/mol. The van der Waals surface area contributed by atoms with Gasteiger partial charge in [0, 0.05) is 44.4 Å². The summed E-state index contributed by atoms with van der Waals surface area (Å²) in [4.78, 5) is 22.1. The average Bonchev–Trinajstić information content (AvgIpc) is 3.01. The number of carbonyl (C=O) groups excluding carboxylic acids is 1. The number of rotatable bonds is 3. The van der Waals surface area contributed by atoms with Crippen molar-refractivity contribution in [1.29, 1.82) is 0 Å². The summed E-state index contributed by atoms with van der Waals surface area (Å²) in [6.45, 7) is 2.49. The molecule has 0 N–H and O–H groups in total. The lowest BCUT2D eigenvalue weighted by Gasteiger charge is -2.31. The van der Waals surface area contributed by atoms with Crippen molar-refractivity contribution in [1.82, 2.24) is 24.6 Å². The van der Waals surface area contributed by atoms with E-state index in [1.165, 1.54) is 6.20 Å². The molecule has 20 heavy (non-hydrogen) atoms. The molecule has 0 saturated carbocycles. The highest BCUT2D eigenvalue weighted by molar-refractivity contribution is 5.91. The molecule has 0 unspecified atom stereocenters. The summed E-state index contributed by atoms with van der Waals surface area (Å²) in [6.07, 6.45) is 10.4. The van der Waals surface area contributed by atoms with Gasteiger partial charge in [-0.25, -0.2) is 4.98 Å². The summed E-state index contributed by atoms with van der Waals surface area (Å²) in [5, 5.41) is 4.23. The maximum Gasteiger partial charge on any atom is 0.274 e. The lowest BCUT2D eigenvalue weighted by atomic mass is 9.96. The highest BCUT2D eigenvalue weighted by Gasteiger charge is 2.24. The van der Waals surface area contributed by atoms with Gasteiger partial charge < -0.3 is 4.90 Å². The van der Waals surface area contributed by atoms with Crippen molar-refractivity contribution < 1.29 is 4.79 Å². The van der Waals surface area contributed by atoms with Crippen molar-refractivity contribution in [3.63, 3.8) is 0 Å². The van der Waals surface area contributed by atoms with Crippen LogP contribution in [-0.2, 0) is 6.54 Å². The Bertz CT molecular complexity index is 546. The quantitative estimate of drug-likeness (QED) is 0.842. The van der Waals surface area contributed by atoms with E-state index in [1.807, 2.05) is 21.8 Å². The van der Waals surface area contributed by atoms with Crippen molar-refractivity contribution in [2.75, 3.05) is 13.1 Å². The van der Waals surface area contributed by atoms with Crippen molar-refractivity contribution in [3.8, 4) is 0 Å². The number of nitrogens with zero attached hydrogens (tertiary/aromatic N) is 5. The second kappa shape index (κ2) is 5.81. The van der Waals surface area contributed by atoms with Crippen LogP contribution in [0.3, 0.4) is 0 Å². The standard InChI is InChI=1S/C14H17N5O/c20-14(13-10-15-5-6-16-13)18-8-2-12(3-9-18)11-19-7-1-4-17-19/h1,4-7,10,12H,2-3,8-9,11H2. The maximum atomic E-state index is 12.2. The van der Waals surface area contributed by atoms with Crippen LogP contribution in [0.2, 0.25) is 0 Å². The molecule has 1 amide bonds. The first kappa shape index (κ1) is 12.8. The third-order valence-electron chi connectivity index (χ3n) is 3.69. The molecule has 1 fully saturated rings. The van der Waals surface area contributed by atoms with Crippen LogP contribution in [0, 0.1) is 5.92 Å². The number of likely N-dealkylation sites (tertiary alicyclic amines) is 1. The van der Waals surface area contributed by atoms with Gasteiger partial charge in [0.25, 0.3) is 5.91 Å². The number of hydrogen-bond donors (Lipinski definition) is 0. The Hall–Kier alpha value is -2.24. The normalized spacial score (nSPS) is 16.3. The Morgan fingerprint density at radius 1 is 1.25 bits per heavy atom. The predicted molar refractivity (Wildman–Crippen MR) is 72.9 cm³/mol. The van der Waals surface area contributed by atoms with Gasteiger partial charge >= 0.3 is 0 Å². The van der Waals surface area contributed by atoms with E-state index >= 15 is 0 Å². The van der Waals surface area contributed by atoms with Crippen LogP contribution >= 0.6 is 0 Å². The Labute approximate surface area is 117 Å². The second-order valence-electron chi connectivity index (χ2n) is 5.05. The van der Waals surface area contributed by atoms with Crippen LogP contribution in [0.4, 0.5) is 0 Å². The summed E-state index contributed by atoms with van der Waals surface area (Å²) >= 11 is 0. The molecule has 1 aliphatic rings. The third-order valence-corrected chi connectivity index (χ3v) is 3.69. The zero-order valence-corrected chi connectivity index (χ0v) is 11.2. The van der Waals surface area contributed by atoms with Gasteiger partial charge in [-0.15, -0.1) is 0 Å². The minimum atomic E-state index is -0.0179. The lowest BCUT2D eigenvalue weighted by Crippen LogP contribution is -2.39. The van der Waals surface area contributed by atoms with Crippen molar-refractivity contribution in [3.05, 3.63) is 42.7 Å². The summed E-state index contributed by atoms with van der Waals surface area (Å²) in [5.41, 5.74) is 0.429. The predicted octanol–water partition coefficient (Wildman–Crippen LogP) is 1.23. The topological polar surface area (TPSA) is 63.9 Å². The highest BCUT2D eigenvalue weighted by atomic mass is 16.2. The molecular weight excluding hydrogens is 254 g/mol. The number of amides is 1. The fourth-order valence-corrected chi connectivity index (χ4v) is 2.56. The van der Waals surface area contributed by atoms with E-state index in [-0.39, 0.29) is 5.91 Å². The van der Waals surface area contributed by atoms with E-state index in [4.69, 9.17) is 0 Å². The fraction of sp³-hybridized carbons (Fsp3) is 0.429. The molecular formula is C14H17N5O. The third kappa shape index (κ3) is 2.84. The Morgan fingerprint density at radius 3 is 2.75 bits per heavy atom. The van der Waals surface area contributed by atoms with Crippen LogP contribution < -0.4 is 0 Å². The number of piperidine rings is 1. The Balaban J connectivity index is 1.55. The van der Waals surface area contributed by atoms with Gasteiger partial charge in [0.1, 0.15) is 5.69 Å². The van der Waals surface area contributed by atoms with Gasteiger partial charge in [-0.1, -0.05) is 0 Å². The molecule has 3 rings (SSSR count). The molecule has 0 aromatic carbocycles. The van der Waals surface area contributed by atoms with Crippen molar-refractivity contribution >= 4 is 5.91 Å². The van der Waals surface area contributed by atoms with E-state index in [0.29, 0.717) is 11.6 Å². The highest BCUT2D eigenvalue weighted by Crippen LogP contribution is 2.19. The first-order valence-electron chi connectivity index (χ1n) is 6.85. The molecule has 0 radical (unpaired) electrons. The van der Waals surface area contributed by atoms with Gasteiger partial charge in [0.05, 0.1) is 6.20 Å². The smallest absolute Gasteiger partial charge is 0.274 e. The Kier molecular flexibility index (Phi) is 3.71. The van der Waals surface area contributed by atoms with Crippen LogP contribution in [0.15, 0.2) is 37.1 Å². The van der Waals surface area contributed by atoms with Crippen LogP contribution in [-0.4, -0.2) is 43.6 Å². The lowest BCUT2D eigenvalue weighted by molar-refractivity contribution is 0.0675. The molecule has 2 aromatic heterocycles. The molecule has 3 heterocycles. The molecule has 0 aliphatic carbocycles. The summed E-state index contributed by atoms with van der Waals surface area (Å²) < 4.78 is 1.96. The second-order valence-corrected chi connectivity index (χ2v) is 5.05. The van der Waals surface area contributed by atoms with Crippen LogP contribution in [0.5, 0.6) is 0 Å². The first-order chi connectivity index (χ1) is 9.83. The Morgan fingerprint density at radius 2 is 2.10 bits per heavy atom. The molecule has 0 spiro atoms. The number of aromatic nitrogens is 4. The van der Waals surface area contributed by atoms with Gasteiger partial charge in [-0.2, -0.15) is 5.10 Å². The van der Waals surface area contributed by atoms with E-state index in [1.54, 1.807) is 18.6 Å². The van der Waals surface area contributed by atoms with Crippen LogP contribution in [0.1, 0.15) is 23.3 Å². The first-order valence-corrected chi connectivity index (χ1v) is 6.85. The zero-order chi connectivity index (χ0) is 13.8. The molecule has 0 atom stereocenters. The largest absolute Gasteiger partial charge is 0.337 e. The monoisotopic (exact) mass is 271 g/mol. The SMILES string of the molecule is O=C(c1cnccn1)N1CCC(Cn2cccn2)CC1. The van der Waals surface area contributed by atoms with Crippen molar-refractivity contribution in [2.24, 2.45) is 5.92 Å². The molecule has 6 heteroatoms. The fourth-order valence-electron chi connectivity index (χ4n) is 2.56. The molecule has 104 valence electrons.